The molecule has 1 unspecified atom stereocenters. The second-order valence-electron chi connectivity index (χ2n) is 4.08. The molecule has 1 atom stereocenters. The average molecular weight is 280 g/mol. The lowest BCUT2D eigenvalue weighted by molar-refractivity contribution is -0.139. The van der Waals surface area contributed by atoms with Crippen molar-refractivity contribution in [1.82, 2.24) is 15.5 Å². The van der Waals surface area contributed by atoms with E-state index in [-0.39, 0.29) is 24.2 Å². The zero-order chi connectivity index (χ0) is 12.7. The number of morpholine rings is 1. The largest absolute Gasteiger partial charge is 0.378 e. The second kappa shape index (κ2) is 9.13. The number of nitrogens with one attached hydrogen (secondary N) is 2. The fourth-order valence-electron chi connectivity index (χ4n) is 1.67. The first-order valence-electron chi connectivity index (χ1n) is 5.95. The molecule has 1 aliphatic heterocycles. The molecule has 18 heavy (non-hydrogen) atoms. The van der Waals surface area contributed by atoms with E-state index >= 15 is 0 Å². The fraction of sp³-hybridized carbons (Fsp3) is 0.818. The van der Waals surface area contributed by atoms with Crippen LogP contribution in [-0.4, -0.2) is 62.7 Å². The maximum absolute atomic E-state index is 11.9. The first-order valence-corrected chi connectivity index (χ1v) is 5.95. The summed E-state index contributed by atoms with van der Waals surface area (Å²) in [6.45, 7) is 4.70. The van der Waals surface area contributed by atoms with Gasteiger partial charge in [-0.1, -0.05) is 0 Å². The summed E-state index contributed by atoms with van der Waals surface area (Å²) in [6.07, 6.45) is 0.386. The Morgan fingerprint density at radius 1 is 1.33 bits per heavy atom. The number of carbonyl (C=O) groups is 2. The predicted molar refractivity (Wildman–Crippen MR) is 70.8 cm³/mol. The third-order valence-corrected chi connectivity index (χ3v) is 2.67. The van der Waals surface area contributed by atoms with Gasteiger partial charge in [0.25, 0.3) is 0 Å². The Morgan fingerprint density at radius 3 is 2.50 bits per heavy atom. The van der Waals surface area contributed by atoms with Crippen LogP contribution in [0.2, 0.25) is 0 Å². The molecule has 0 radical (unpaired) electrons. The zero-order valence-corrected chi connectivity index (χ0v) is 11.7. The fourth-order valence-corrected chi connectivity index (χ4v) is 1.67. The summed E-state index contributed by atoms with van der Waals surface area (Å²) in [5.74, 6) is -0.139. The van der Waals surface area contributed by atoms with Crippen molar-refractivity contribution in [3.8, 4) is 0 Å². The van der Waals surface area contributed by atoms with Crippen molar-refractivity contribution >= 4 is 24.2 Å². The molecule has 1 heterocycles. The van der Waals surface area contributed by atoms with Crippen LogP contribution in [0.4, 0.5) is 0 Å². The Morgan fingerprint density at radius 2 is 1.94 bits per heavy atom. The highest BCUT2D eigenvalue weighted by Gasteiger charge is 2.23. The Balaban J connectivity index is 0.00000289. The van der Waals surface area contributed by atoms with Crippen LogP contribution in [0.25, 0.3) is 0 Å². The van der Waals surface area contributed by atoms with E-state index < -0.39 is 6.04 Å². The van der Waals surface area contributed by atoms with Crippen molar-refractivity contribution in [1.29, 1.82) is 0 Å². The van der Waals surface area contributed by atoms with Crippen molar-refractivity contribution < 1.29 is 14.3 Å². The Labute approximate surface area is 114 Å². The molecule has 1 aliphatic rings. The molecule has 0 aromatic carbocycles. The minimum absolute atomic E-state index is 0. The van der Waals surface area contributed by atoms with Crippen LogP contribution in [0.5, 0.6) is 0 Å². The normalized spacial score (nSPS) is 16.7. The molecule has 1 saturated heterocycles. The van der Waals surface area contributed by atoms with Crippen LogP contribution in [0.1, 0.15) is 13.3 Å². The number of carbonyl (C=O) groups excluding carboxylic acids is 2. The molecule has 0 aromatic rings. The van der Waals surface area contributed by atoms with Crippen molar-refractivity contribution in [2.45, 2.75) is 19.4 Å². The first kappa shape index (κ1) is 17.2. The highest BCUT2D eigenvalue weighted by molar-refractivity contribution is 5.87. The number of hydrogen-bond acceptors (Lipinski definition) is 4. The predicted octanol–water partition coefficient (Wildman–Crippen LogP) is -0.619. The van der Waals surface area contributed by atoms with Crippen LogP contribution < -0.4 is 10.6 Å². The molecule has 0 spiro atoms. The molecule has 2 N–H and O–H groups in total. The molecule has 0 aromatic heterocycles. The Kier molecular flexibility index (Phi) is 8.70. The van der Waals surface area contributed by atoms with Crippen molar-refractivity contribution in [3.63, 3.8) is 0 Å². The zero-order valence-electron chi connectivity index (χ0n) is 10.9. The molecule has 1 rings (SSSR count). The summed E-state index contributed by atoms with van der Waals surface area (Å²) >= 11 is 0. The highest BCUT2D eigenvalue weighted by atomic mass is 35.5. The minimum Gasteiger partial charge on any atom is -0.378 e. The quantitative estimate of drug-likeness (QED) is 0.704. The van der Waals surface area contributed by atoms with Crippen molar-refractivity contribution in [2.24, 2.45) is 0 Å². The lowest BCUT2D eigenvalue weighted by Crippen LogP contribution is -2.50. The van der Waals surface area contributed by atoms with Crippen molar-refractivity contribution in [3.05, 3.63) is 0 Å². The maximum Gasteiger partial charge on any atom is 0.245 e. The number of ether oxygens (including phenoxy) is 1. The van der Waals surface area contributed by atoms with Crippen LogP contribution >= 0.6 is 12.4 Å². The summed E-state index contributed by atoms with van der Waals surface area (Å²) in [6, 6.07) is -0.461. The standard InChI is InChI=1S/C11H21N3O3.ClH/c1-9(13-10(15)3-4-12-2)11(16)14-5-7-17-8-6-14;/h9,12H,3-8H2,1-2H3,(H,13,15);1H. The molecule has 0 bridgehead atoms. The molecule has 1 fully saturated rings. The van der Waals surface area contributed by atoms with Gasteiger partial charge in [0.15, 0.2) is 0 Å². The molecule has 7 heteroatoms. The summed E-state index contributed by atoms with van der Waals surface area (Å²) in [5.41, 5.74) is 0. The monoisotopic (exact) mass is 279 g/mol. The lowest BCUT2D eigenvalue weighted by atomic mass is 10.2. The van der Waals surface area contributed by atoms with Gasteiger partial charge in [-0.05, 0) is 14.0 Å². The van der Waals surface area contributed by atoms with Gasteiger partial charge in [-0.3, -0.25) is 9.59 Å². The molecule has 0 aliphatic carbocycles. The summed E-state index contributed by atoms with van der Waals surface area (Å²) in [7, 11) is 1.79. The smallest absolute Gasteiger partial charge is 0.245 e. The van der Waals surface area contributed by atoms with Gasteiger partial charge in [0.2, 0.25) is 11.8 Å². The number of nitrogens with zero attached hydrogens (tertiary/aromatic N) is 1. The van der Waals surface area contributed by atoms with E-state index in [1.165, 1.54) is 0 Å². The number of rotatable bonds is 5. The van der Waals surface area contributed by atoms with Crippen LogP contribution in [0, 0.1) is 0 Å². The van der Waals surface area contributed by atoms with Crippen LogP contribution in [0.15, 0.2) is 0 Å². The van der Waals surface area contributed by atoms with Crippen molar-refractivity contribution in [2.75, 3.05) is 39.9 Å². The van der Waals surface area contributed by atoms with Gasteiger partial charge in [-0.15, -0.1) is 12.4 Å². The molecular formula is C11H22ClN3O3. The highest BCUT2D eigenvalue weighted by Crippen LogP contribution is 2.00. The van der Waals surface area contributed by atoms with Crippen LogP contribution in [-0.2, 0) is 14.3 Å². The maximum atomic E-state index is 11.9. The van der Waals surface area contributed by atoms with Crippen LogP contribution in [0.3, 0.4) is 0 Å². The molecular weight excluding hydrogens is 258 g/mol. The van der Waals surface area contributed by atoms with Gasteiger partial charge in [0, 0.05) is 26.1 Å². The average Bonchev–Trinajstić information content (AvgIpc) is 2.36. The number of amides is 2. The second-order valence-corrected chi connectivity index (χ2v) is 4.08. The van der Waals surface area contributed by atoms with E-state index in [1.54, 1.807) is 18.9 Å². The SMILES string of the molecule is CNCCC(=O)NC(C)C(=O)N1CCOCC1.Cl. The third kappa shape index (κ3) is 5.66. The topological polar surface area (TPSA) is 70.7 Å². The van der Waals surface area contributed by atoms with E-state index in [0.717, 1.165) is 0 Å². The van der Waals surface area contributed by atoms with Gasteiger partial charge >= 0.3 is 0 Å². The summed E-state index contributed by atoms with van der Waals surface area (Å²) < 4.78 is 5.17. The molecule has 106 valence electrons. The van der Waals surface area contributed by atoms with Gasteiger partial charge in [0.1, 0.15) is 6.04 Å². The van der Waals surface area contributed by atoms with Gasteiger partial charge < -0.3 is 20.3 Å². The van der Waals surface area contributed by atoms with E-state index in [4.69, 9.17) is 4.74 Å². The summed E-state index contributed by atoms with van der Waals surface area (Å²) in [4.78, 5) is 25.1. The number of hydrogen-bond donors (Lipinski definition) is 2. The third-order valence-electron chi connectivity index (χ3n) is 2.67. The Bertz CT molecular complexity index is 270. The molecule has 6 nitrogen and oxygen atoms in total. The number of halogens is 1. The van der Waals surface area contributed by atoms with Gasteiger partial charge in [-0.25, -0.2) is 0 Å². The summed E-state index contributed by atoms with van der Waals surface area (Å²) in [5, 5.41) is 5.59. The molecule has 0 saturated carbocycles. The van der Waals surface area contributed by atoms with E-state index in [9.17, 15) is 9.59 Å². The Hall–Kier alpha value is -0.850. The minimum atomic E-state index is -0.461. The van der Waals surface area contributed by atoms with Gasteiger partial charge in [0.05, 0.1) is 13.2 Å². The van der Waals surface area contributed by atoms with E-state index in [0.29, 0.717) is 39.3 Å². The van der Waals surface area contributed by atoms with E-state index in [2.05, 4.69) is 10.6 Å². The first-order chi connectivity index (χ1) is 8.15. The lowest BCUT2D eigenvalue weighted by Gasteiger charge is -2.29. The van der Waals surface area contributed by atoms with Gasteiger partial charge in [-0.2, -0.15) is 0 Å². The molecule has 2 amide bonds. The van der Waals surface area contributed by atoms with E-state index in [1.807, 2.05) is 0 Å².